The molecule has 0 saturated heterocycles. The molecule has 0 spiro atoms. The SMILES string of the molecule is Cc1nn(C)c(Cl)c1CNc1ccccc1N(C)C. The maximum Gasteiger partial charge on any atom is 0.131 e. The molecule has 0 unspecified atom stereocenters. The van der Waals surface area contributed by atoms with Gasteiger partial charge in [0.15, 0.2) is 0 Å². The molecule has 0 aliphatic carbocycles. The summed E-state index contributed by atoms with van der Waals surface area (Å²) in [5.41, 5.74) is 4.24. The van der Waals surface area contributed by atoms with Crippen LogP contribution in [-0.4, -0.2) is 23.9 Å². The fourth-order valence-electron chi connectivity index (χ4n) is 2.07. The summed E-state index contributed by atoms with van der Waals surface area (Å²) < 4.78 is 1.70. The van der Waals surface area contributed by atoms with Gasteiger partial charge in [-0.2, -0.15) is 5.10 Å². The van der Waals surface area contributed by atoms with E-state index < -0.39 is 0 Å². The summed E-state index contributed by atoms with van der Waals surface area (Å²) in [6, 6.07) is 8.20. The number of nitrogens with zero attached hydrogens (tertiary/aromatic N) is 3. The Bertz CT molecular complexity index is 575. The van der Waals surface area contributed by atoms with Gasteiger partial charge in [-0.3, -0.25) is 4.68 Å². The van der Waals surface area contributed by atoms with Crippen LogP contribution in [0.2, 0.25) is 5.15 Å². The van der Waals surface area contributed by atoms with Crippen LogP contribution in [0.1, 0.15) is 11.3 Å². The second kappa shape index (κ2) is 5.53. The summed E-state index contributed by atoms with van der Waals surface area (Å²) in [5.74, 6) is 0. The van der Waals surface area contributed by atoms with Gasteiger partial charge in [-0.25, -0.2) is 0 Å². The molecule has 1 aromatic carbocycles. The third kappa shape index (κ3) is 2.84. The van der Waals surface area contributed by atoms with Crippen molar-refractivity contribution in [2.45, 2.75) is 13.5 Å². The second-order valence-corrected chi connectivity index (χ2v) is 5.10. The van der Waals surface area contributed by atoms with Crippen LogP contribution in [0.25, 0.3) is 0 Å². The van der Waals surface area contributed by atoms with Gasteiger partial charge in [0.25, 0.3) is 0 Å². The number of aromatic nitrogens is 2. The zero-order valence-corrected chi connectivity index (χ0v) is 12.5. The number of para-hydroxylation sites is 2. The molecule has 0 radical (unpaired) electrons. The van der Waals surface area contributed by atoms with Gasteiger partial charge in [0, 0.05) is 33.3 Å². The third-order valence-corrected chi connectivity index (χ3v) is 3.58. The molecular weight excluding hydrogens is 260 g/mol. The topological polar surface area (TPSA) is 33.1 Å². The van der Waals surface area contributed by atoms with Crippen molar-refractivity contribution in [3.8, 4) is 0 Å². The summed E-state index contributed by atoms with van der Waals surface area (Å²) in [4.78, 5) is 2.08. The van der Waals surface area contributed by atoms with E-state index >= 15 is 0 Å². The molecule has 2 aromatic rings. The Morgan fingerprint density at radius 1 is 1.32 bits per heavy atom. The lowest BCUT2D eigenvalue weighted by Gasteiger charge is -2.18. The summed E-state index contributed by atoms with van der Waals surface area (Å²) >= 11 is 6.23. The highest BCUT2D eigenvalue weighted by Crippen LogP contribution is 2.26. The monoisotopic (exact) mass is 278 g/mol. The normalized spacial score (nSPS) is 10.6. The number of nitrogens with one attached hydrogen (secondary N) is 1. The molecule has 1 N–H and O–H groups in total. The average Bonchev–Trinajstić information content (AvgIpc) is 2.61. The molecule has 102 valence electrons. The van der Waals surface area contributed by atoms with Crippen LogP contribution < -0.4 is 10.2 Å². The Hall–Kier alpha value is -1.68. The Kier molecular flexibility index (Phi) is 4.00. The molecule has 0 amide bonds. The minimum absolute atomic E-state index is 0.670. The van der Waals surface area contributed by atoms with E-state index in [4.69, 9.17) is 11.6 Å². The second-order valence-electron chi connectivity index (χ2n) is 4.74. The molecule has 0 aliphatic rings. The first-order valence-corrected chi connectivity index (χ1v) is 6.56. The summed E-state index contributed by atoms with van der Waals surface area (Å²) in [7, 11) is 5.91. The van der Waals surface area contributed by atoms with Gasteiger partial charge in [-0.05, 0) is 19.1 Å². The maximum absolute atomic E-state index is 6.23. The van der Waals surface area contributed by atoms with Crippen LogP contribution in [0, 0.1) is 6.92 Å². The van der Waals surface area contributed by atoms with E-state index in [0.717, 1.165) is 22.6 Å². The van der Waals surface area contributed by atoms with Crippen molar-refractivity contribution in [3.63, 3.8) is 0 Å². The van der Waals surface area contributed by atoms with Crippen molar-refractivity contribution in [1.29, 1.82) is 0 Å². The van der Waals surface area contributed by atoms with Gasteiger partial charge in [0.1, 0.15) is 5.15 Å². The highest BCUT2D eigenvalue weighted by Gasteiger charge is 2.11. The standard InChI is InChI=1S/C14H19ClN4/c1-10-11(14(15)19(4)17-10)9-16-12-7-5-6-8-13(12)18(2)3/h5-8,16H,9H2,1-4H3. The number of hydrogen-bond donors (Lipinski definition) is 1. The highest BCUT2D eigenvalue weighted by atomic mass is 35.5. The minimum atomic E-state index is 0.670. The molecule has 1 aromatic heterocycles. The molecule has 19 heavy (non-hydrogen) atoms. The van der Waals surface area contributed by atoms with Crippen LogP contribution in [0.4, 0.5) is 11.4 Å². The smallest absolute Gasteiger partial charge is 0.131 e. The maximum atomic E-state index is 6.23. The first-order chi connectivity index (χ1) is 9.00. The Labute approximate surface area is 119 Å². The van der Waals surface area contributed by atoms with E-state index in [0.29, 0.717) is 11.7 Å². The van der Waals surface area contributed by atoms with E-state index in [2.05, 4.69) is 27.4 Å². The number of benzene rings is 1. The van der Waals surface area contributed by atoms with Crippen molar-refractivity contribution >= 4 is 23.0 Å². The lowest BCUT2D eigenvalue weighted by Crippen LogP contribution is -2.12. The third-order valence-electron chi connectivity index (χ3n) is 3.11. The molecule has 5 heteroatoms. The predicted octanol–water partition coefficient (Wildman–Crippen LogP) is 3.06. The molecule has 4 nitrogen and oxygen atoms in total. The van der Waals surface area contributed by atoms with Crippen LogP contribution in [0.3, 0.4) is 0 Å². The number of anilines is 2. The van der Waals surface area contributed by atoms with Crippen molar-refractivity contribution in [2.24, 2.45) is 7.05 Å². The van der Waals surface area contributed by atoms with Gasteiger partial charge in [-0.1, -0.05) is 23.7 Å². The van der Waals surface area contributed by atoms with Crippen LogP contribution in [0.5, 0.6) is 0 Å². The molecule has 1 heterocycles. The number of rotatable bonds is 4. The van der Waals surface area contributed by atoms with E-state index in [1.807, 2.05) is 40.2 Å². The molecule has 0 bridgehead atoms. The minimum Gasteiger partial charge on any atom is -0.379 e. The quantitative estimate of drug-likeness (QED) is 0.933. The van der Waals surface area contributed by atoms with Gasteiger partial charge < -0.3 is 10.2 Å². The molecule has 0 saturated carbocycles. The Morgan fingerprint density at radius 3 is 2.58 bits per heavy atom. The van der Waals surface area contributed by atoms with Gasteiger partial charge in [0.05, 0.1) is 17.1 Å². The molecule has 0 fully saturated rings. The molecule has 0 aliphatic heterocycles. The molecule has 0 atom stereocenters. The van der Waals surface area contributed by atoms with E-state index in [9.17, 15) is 0 Å². The molecular formula is C14H19ClN4. The zero-order chi connectivity index (χ0) is 14.0. The first-order valence-electron chi connectivity index (χ1n) is 6.19. The lowest BCUT2D eigenvalue weighted by molar-refractivity contribution is 0.757. The molecule has 2 rings (SSSR count). The summed E-state index contributed by atoms with van der Waals surface area (Å²) in [6.45, 7) is 2.64. The Morgan fingerprint density at radius 2 is 2.00 bits per heavy atom. The van der Waals surface area contributed by atoms with E-state index in [1.54, 1.807) is 4.68 Å². The zero-order valence-electron chi connectivity index (χ0n) is 11.7. The number of halogens is 1. The number of aryl methyl sites for hydroxylation is 2. The van der Waals surface area contributed by atoms with Gasteiger partial charge >= 0.3 is 0 Å². The Balaban J connectivity index is 2.19. The first kappa shape index (κ1) is 13.7. The number of hydrogen-bond acceptors (Lipinski definition) is 3. The largest absolute Gasteiger partial charge is 0.379 e. The predicted molar refractivity (Wildman–Crippen MR) is 81.1 cm³/mol. The van der Waals surface area contributed by atoms with Crippen molar-refractivity contribution < 1.29 is 0 Å². The van der Waals surface area contributed by atoms with Crippen molar-refractivity contribution in [2.75, 3.05) is 24.3 Å². The van der Waals surface area contributed by atoms with Crippen molar-refractivity contribution in [1.82, 2.24) is 9.78 Å². The highest BCUT2D eigenvalue weighted by molar-refractivity contribution is 6.30. The average molecular weight is 279 g/mol. The fourth-order valence-corrected chi connectivity index (χ4v) is 2.31. The van der Waals surface area contributed by atoms with Crippen LogP contribution in [0.15, 0.2) is 24.3 Å². The summed E-state index contributed by atoms with van der Waals surface area (Å²) in [5, 5.41) is 8.43. The lowest BCUT2D eigenvalue weighted by atomic mass is 10.2. The fraction of sp³-hybridized carbons (Fsp3) is 0.357. The van der Waals surface area contributed by atoms with Gasteiger partial charge in [0.2, 0.25) is 0 Å². The van der Waals surface area contributed by atoms with Crippen LogP contribution >= 0.6 is 11.6 Å². The van der Waals surface area contributed by atoms with Crippen molar-refractivity contribution in [3.05, 3.63) is 40.7 Å². The van der Waals surface area contributed by atoms with E-state index in [1.165, 1.54) is 0 Å². The summed E-state index contributed by atoms with van der Waals surface area (Å²) in [6.07, 6.45) is 0. The van der Waals surface area contributed by atoms with E-state index in [-0.39, 0.29) is 0 Å². The van der Waals surface area contributed by atoms with Gasteiger partial charge in [-0.15, -0.1) is 0 Å². The van der Waals surface area contributed by atoms with Crippen LogP contribution in [-0.2, 0) is 13.6 Å².